The summed E-state index contributed by atoms with van der Waals surface area (Å²) in [6, 6.07) is 70.0. The highest BCUT2D eigenvalue weighted by atomic mass is 35.5. The van der Waals surface area contributed by atoms with E-state index < -0.39 is 5.24 Å². The van der Waals surface area contributed by atoms with Crippen molar-refractivity contribution in [3.8, 4) is 22.8 Å². The van der Waals surface area contributed by atoms with Crippen LogP contribution in [-0.2, 0) is 0 Å². The van der Waals surface area contributed by atoms with Gasteiger partial charge in [-0.25, -0.2) is 9.97 Å². The molecule has 13 rings (SSSR count). The number of H-pyrrole nitrogens is 1. The van der Waals surface area contributed by atoms with Gasteiger partial charge in [0.15, 0.2) is 6.29 Å². The minimum Gasteiger partial charge on any atom is -0.397 e. The SMILES string of the molecule is Clc1cc2nc(-c3cccc4ccccc34)[nH]c2cc1Cl.Nc1cc(Cl)c(Cl)cc1N.O=C(Cl)c1ccccc1.O=C(c1ccccc1)n1c(-c2cccc3ccccc23)nc2cc(Cl)c(Cl)cc21.O=Cc1cccc2ccccc12. The van der Waals surface area contributed by atoms with Gasteiger partial charge in [-0.1, -0.05) is 246 Å². The van der Waals surface area contributed by atoms with Gasteiger partial charge in [-0.15, -0.1) is 0 Å². The minimum atomic E-state index is -0.407. The molecule has 0 fully saturated rings. The van der Waals surface area contributed by atoms with Crippen molar-refractivity contribution in [3.63, 3.8) is 0 Å². The van der Waals surface area contributed by atoms with E-state index in [1.54, 1.807) is 65.2 Å². The number of anilines is 2. The van der Waals surface area contributed by atoms with Crippen molar-refractivity contribution in [2.75, 3.05) is 11.5 Å². The van der Waals surface area contributed by atoms with Crippen LogP contribution in [0.15, 0.2) is 224 Å². The van der Waals surface area contributed by atoms with E-state index in [0.29, 0.717) is 69.5 Å². The number of rotatable bonds is 5. The lowest BCUT2D eigenvalue weighted by atomic mass is 10.0. The number of halogens is 7. The molecule has 2 heterocycles. The largest absolute Gasteiger partial charge is 0.397 e. The number of nitrogens with one attached hydrogen (secondary N) is 1. The first kappa shape index (κ1) is 57.5. The predicted molar refractivity (Wildman–Crippen MR) is 339 cm³/mol. The fourth-order valence-corrected chi connectivity index (χ4v) is 9.76. The summed E-state index contributed by atoms with van der Waals surface area (Å²) < 4.78 is 1.62. The molecule has 0 unspecified atom stereocenters. The lowest BCUT2D eigenvalue weighted by molar-refractivity contribution is 0.0965. The summed E-state index contributed by atoms with van der Waals surface area (Å²) in [6.45, 7) is 0. The normalized spacial score (nSPS) is 10.7. The third-order valence-electron chi connectivity index (χ3n) is 12.6. The second-order valence-corrected chi connectivity index (χ2v) is 20.6. The Balaban J connectivity index is 0.000000133. The summed E-state index contributed by atoms with van der Waals surface area (Å²) >= 11 is 41.0. The average molecular weight is 1200 g/mol. The summed E-state index contributed by atoms with van der Waals surface area (Å²) in [6.07, 6.45) is 0.891. The standard InChI is InChI=1S/C24H14Cl2N2O.C17H10Cl2N2.C11H8O.C7H5ClO.C6H6Cl2N2/c25-19-13-21-22(14-20(19)26)28(24(29)16-8-2-1-3-9-16)23(27-21)18-12-6-10-15-7-4-5-11-17(15)18;18-13-8-15-16(9-14(13)19)21-17(20-15)12-7-3-5-10-4-1-2-6-11(10)12;12-8-10-6-3-5-9-4-1-2-7-11(9)10;8-7(9)6-4-2-1-3-5-6;7-3-1-5(9)6(10)2-4(3)8/h1-14H;1-9H,(H,20,21);1-8H;1-5H;1-2H,9-10H2. The van der Waals surface area contributed by atoms with Gasteiger partial charge >= 0.3 is 0 Å². The van der Waals surface area contributed by atoms with Crippen molar-refractivity contribution in [2.24, 2.45) is 0 Å². The number of nitrogens with two attached hydrogens (primary N) is 2. The molecule has 0 amide bonds. The summed E-state index contributed by atoms with van der Waals surface area (Å²) in [4.78, 5) is 47.3. The fourth-order valence-electron chi connectivity index (χ4n) is 8.65. The maximum absolute atomic E-state index is 13.5. The lowest BCUT2D eigenvalue weighted by Gasteiger charge is -2.10. The highest BCUT2D eigenvalue weighted by molar-refractivity contribution is 6.67. The molecule has 0 atom stereocenters. The quantitative estimate of drug-likeness (QED) is 0.0882. The second kappa shape index (κ2) is 26.4. The number of hydrogen-bond acceptors (Lipinski definition) is 7. The molecular formula is C65H43Cl7N6O3. The van der Waals surface area contributed by atoms with Crippen LogP contribution in [0.5, 0.6) is 0 Å². The van der Waals surface area contributed by atoms with E-state index >= 15 is 0 Å². The fraction of sp³-hybridized carbons (Fsp3) is 0. The second-order valence-electron chi connectivity index (χ2n) is 17.8. The Hall–Kier alpha value is -8.22. The Morgan fingerprint density at radius 2 is 0.877 bits per heavy atom. The van der Waals surface area contributed by atoms with E-state index in [1.807, 2.05) is 127 Å². The van der Waals surface area contributed by atoms with E-state index in [0.717, 1.165) is 66.8 Å². The van der Waals surface area contributed by atoms with Crippen LogP contribution >= 0.6 is 81.2 Å². The molecule has 0 saturated heterocycles. The van der Waals surface area contributed by atoms with Gasteiger partial charge in [-0.3, -0.25) is 19.0 Å². The predicted octanol–water partition coefficient (Wildman–Crippen LogP) is 19.4. The molecule has 0 spiro atoms. The maximum atomic E-state index is 13.5. The Morgan fingerprint density at radius 3 is 1.43 bits per heavy atom. The molecule has 2 aromatic heterocycles. The first-order valence-corrected chi connectivity index (χ1v) is 27.3. The Labute approximate surface area is 500 Å². The van der Waals surface area contributed by atoms with Gasteiger partial charge in [0.2, 0.25) is 0 Å². The maximum Gasteiger partial charge on any atom is 0.264 e. The number of benzene rings is 11. The van der Waals surface area contributed by atoms with Crippen molar-refractivity contribution in [1.29, 1.82) is 0 Å². The molecule has 0 saturated carbocycles. The zero-order chi connectivity index (χ0) is 57.2. The zero-order valence-corrected chi connectivity index (χ0v) is 47.6. The molecule has 16 heteroatoms. The van der Waals surface area contributed by atoms with Crippen molar-refractivity contribution in [2.45, 2.75) is 0 Å². The van der Waals surface area contributed by atoms with Crippen LogP contribution in [0.25, 0.3) is 77.2 Å². The first-order chi connectivity index (χ1) is 39.2. The van der Waals surface area contributed by atoms with Gasteiger partial charge in [0.05, 0.1) is 63.6 Å². The first-order valence-electron chi connectivity index (χ1n) is 24.6. The van der Waals surface area contributed by atoms with E-state index in [4.69, 9.17) is 97.7 Å². The highest BCUT2D eigenvalue weighted by Gasteiger charge is 2.22. The number of aromatic nitrogens is 4. The summed E-state index contributed by atoms with van der Waals surface area (Å²) in [7, 11) is 0. The summed E-state index contributed by atoms with van der Waals surface area (Å²) in [5.41, 5.74) is 18.5. The van der Waals surface area contributed by atoms with Gasteiger partial charge < -0.3 is 16.5 Å². The van der Waals surface area contributed by atoms with E-state index in [1.165, 1.54) is 17.5 Å². The van der Waals surface area contributed by atoms with Crippen LogP contribution in [0.4, 0.5) is 11.4 Å². The van der Waals surface area contributed by atoms with E-state index in [2.05, 4.69) is 34.2 Å². The van der Waals surface area contributed by atoms with E-state index in [-0.39, 0.29) is 5.91 Å². The molecule has 0 aliphatic carbocycles. The number of carbonyl (C=O) groups excluding carboxylic acids is 3. The summed E-state index contributed by atoms with van der Waals surface area (Å²) in [5, 5.41) is 8.84. The van der Waals surface area contributed by atoms with Crippen LogP contribution in [-0.4, -0.2) is 37.0 Å². The number of aromatic amines is 1. The molecule has 11 aromatic carbocycles. The number of nitrogen functional groups attached to an aromatic ring is 2. The van der Waals surface area contributed by atoms with Crippen LogP contribution in [0.3, 0.4) is 0 Å². The van der Waals surface area contributed by atoms with Crippen LogP contribution < -0.4 is 11.5 Å². The Morgan fingerprint density at radius 1 is 0.444 bits per heavy atom. The average Bonchev–Trinajstić information content (AvgIpc) is 4.05. The van der Waals surface area contributed by atoms with E-state index in [9.17, 15) is 14.4 Å². The topological polar surface area (TPSA) is 150 Å². The molecular weight excluding hydrogens is 1160 g/mol. The highest BCUT2D eigenvalue weighted by Crippen LogP contribution is 2.36. The summed E-state index contributed by atoms with van der Waals surface area (Å²) in [5.74, 6) is 1.21. The zero-order valence-electron chi connectivity index (χ0n) is 42.3. The van der Waals surface area contributed by atoms with Crippen molar-refractivity contribution in [1.82, 2.24) is 19.5 Å². The van der Waals surface area contributed by atoms with Crippen LogP contribution in [0.1, 0.15) is 31.1 Å². The molecule has 400 valence electrons. The van der Waals surface area contributed by atoms with Gasteiger partial charge in [-0.2, -0.15) is 0 Å². The van der Waals surface area contributed by atoms with Crippen LogP contribution in [0, 0.1) is 0 Å². The monoisotopic (exact) mass is 1200 g/mol. The lowest BCUT2D eigenvalue weighted by Crippen LogP contribution is -2.13. The van der Waals surface area contributed by atoms with Gasteiger partial charge in [0.25, 0.3) is 11.1 Å². The number of hydrogen-bond donors (Lipinski definition) is 3. The molecule has 5 N–H and O–H groups in total. The van der Waals surface area contributed by atoms with Gasteiger partial charge in [-0.05, 0) is 92.4 Å². The van der Waals surface area contributed by atoms with Gasteiger partial charge in [0, 0.05) is 27.8 Å². The van der Waals surface area contributed by atoms with Crippen molar-refractivity contribution >= 4 is 164 Å². The third kappa shape index (κ3) is 13.5. The third-order valence-corrected chi connectivity index (χ3v) is 15.0. The van der Waals surface area contributed by atoms with Crippen LogP contribution in [0.2, 0.25) is 30.1 Å². The molecule has 0 aliphatic heterocycles. The molecule has 0 bridgehead atoms. The molecule has 81 heavy (non-hydrogen) atoms. The molecule has 9 nitrogen and oxygen atoms in total. The molecule has 0 aliphatic rings. The number of carbonyl (C=O) groups is 3. The van der Waals surface area contributed by atoms with Gasteiger partial charge in [0.1, 0.15) is 11.6 Å². The number of nitrogens with zero attached hydrogens (tertiary/aromatic N) is 3. The molecule has 13 aromatic rings. The Kier molecular flexibility index (Phi) is 18.7. The minimum absolute atomic E-state index is 0.172. The number of imidazole rings is 2. The number of aldehydes is 1. The Bertz CT molecular complexity index is 4330. The molecule has 0 radical (unpaired) electrons. The van der Waals surface area contributed by atoms with Crippen molar-refractivity contribution in [3.05, 3.63) is 271 Å². The van der Waals surface area contributed by atoms with Crippen molar-refractivity contribution < 1.29 is 14.4 Å². The smallest absolute Gasteiger partial charge is 0.264 e. The number of fused-ring (bicyclic) bond motifs is 5.